The van der Waals surface area contributed by atoms with Crippen molar-refractivity contribution in [2.45, 2.75) is 27.7 Å². The van der Waals surface area contributed by atoms with Gasteiger partial charge in [0.1, 0.15) is 6.61 Å². The van der Waals surface area contributed by atoms with E-state index in [1.165, 1.54) is 0 Å². The summed E-state index contributed by atoms with van der Waals surface area (Å²) in [6.45, 7) is 8.79. The summed E-state index contributed by atoms with van der Waals surface area (Å²) in [5.41, 5.74) is 6.03. The van der Waals surface area contributed by atoms with Crippen LogP contribution in [0, 0.1) is 0 Å². The first-order valence-corrected chi connectivity index (χ1v) is 3.66. The van der Waals surface area contributed by atoms with Gasteiger partial charge in [0.05, 0.1) is 5.71 Å². The lowest BCUT2D eigenvalue weighted by Crippen LogP contribution is -2.09. The minimum Gasteiger partial charge on any atom is -0.396 e. The van der Waals surface area contributed by atoms with Gasteiger partial charge in [0.2, 0.25) is 0 Å². The van der Waals surface area contributed by atoms with Crippen LogP contribution < -0.4 is 5.73 Å². The van der Waals surface area contributed by atoms with Gasteiger partial charge < -0.3 is 10.6 Å². The fourth-order valence-electron chi connectivity index (χ4n) is 0.212. The van der Waals surface area contributed by atoms with Gasteiger partial charge in [-0.2, -0.15) is 0 Å². The molecule has 0 aromatic carbocycles. The quantitative estimate of drug-likeness (QED) is 0.483. The van der Waals surface area contributed by atoms with Crippen molar-refractivity contribution in [3.63, 3.8) is 0 Å². The average Bonchev–Trinajstić information content (AvgIpc) is 2.04. The molecule has 0 unspecified atom stereocenters. The molecule has 0 fully saturated rings. The van der Waals surface area contributed by atoms with Crippen LogP contribution in [0.4, 0.5) is 0 Å². The molecule has 0 heterocycles. The molecule has 3 heteroatoms. The van der Waals surface area contributed by atoms with E-state index in [-0.39, 0.29) is 0 Å². The highest BCUT2D eigenvalue weighted by atomic mass is 16.6. The first kappa shape index (κ1) is 12.1. The summed E-state index contributed by atoms with van der Waals surface area (Å²) in [6, 6.07) is 0. The number of nitrogens with zero attached hydrogens (tertiary/aromatic N) is 1. The summed E-state index contributed by atoms with van der Waals surface area (Å²) in [5, 5.41) is 3.65. The van der Waals surface area contributed by atoms with Crippen LogP contribution in [-0.2, 0) is 4.84 Å². The zero-order chi connectivity index (χ0) is 8.41. The van der Waals surface area contributed by atoms with Crippen molar-refractivity contribution in [2.24, 2.45) is 10.9 Å². The van der Waals surface area contributed by atoms with E-state index in [1.807, 2.05) is 27.7 Å². The summed E-state index contributed by atoms with van der Waals surface area (Å²) in [6.07, 6.45) is 0. The molecule has 0 amide bonds. The highest BCUT2D eigenvalue weighted by Gasteiger charge is 1.81. The van der Waals surface area contributed by atoms with Gasteiger partial charge in [0.15, 0.2) is 0 Å². The van der Waals surface area contributed by atoms with E-state index in [9.17, 15) is 0 Å². The first-order chi connectivity index (χ1) is 4.81. The number of nitrogens with two attached hydrogens (primary N) is 1. The minimum atomic E-state index is 0.472. The van der Waals surface area contributed by atoms with E-state index >= 15 is 0 Å². The van der Waals surface area contributed by atoms with Crippen LogP contribution in [0.5, 0.6) is 0 Å². The molecule has 0 rings (SSSR count). The third kappa shape index (κ3) is 10.4. The van der Waals surface area contributed by atoms with Crippen molar-refractivity contribution in [3.05, 3.63) is 0 Å². The van der Waals surface area contributed by atoms with Crippen LogP contribution in [0.15, 0.2) is 5.16 Å². The Kier molecular flexibility index (Phi) is 13.7. The summed E-state index contributed by atoms with van der Waals surface area (Å²) in [5.74, 6) is 0. The van der Waals surface area contributed by atoms with Gasteiger partial charge in [0, 0.05) is 6.54 Å². The zero-order valence-corrected chi connectivity index (χ0v) is 7.35. The molecular formula is C7H18N2O. The number of hydrogen-bond donors (Lipinski definition) is 1. The molecule has 0 bridgehead atoms. The van der Waals surface area contributed by atoms with Crippen LogP contribution in [0.1, 0.15) is 27.7 Å². The Bertz CT molecular complexity index is 81.7. The van der Waals surface area contributed by atoms with Gasteiger partial charge >= 0.3 is 0 Å². The van der Waals surface area contributed by atoms with Crippen molar-refractivity contribution in [1.29, 1.82) is 0 Å². The van der Waals surface area contributed by atoms with Crippen LogP contribution in [-0.4, -0.2) is 18.9 Å². The van der Waals surface area contributed by atoms with Crippen LogP contribution in [0.25, 0.3) is 0 Å². The van der Waals surface area contributed by atoms with E-state index in [0.29, 0.717) is 13.2 Å². The molecule has 0 aliphatic heterocycles. The van der Waals surface area contributed by atoms with E-state index in [0.717, 1.165) is 5.71 Å². The molecule has 0 aliphatic rings. The zero-order valence-electron chi connectivity index (χ0n) is 7.35. The SMILES string of the molecule is CC.CCO/N=C(\C)CN. The molecule has 0 saturated heterocycles. The molecule has 62 valence electrons. The summed E-state index contributed by atoms with van der Waals surface area (Å²) >= 11 is 0. The van der Waals surface area contributed by atoms with Crippen LogP contribution >= 0.6 is 0 Å². The van der Waals surface area contributed by atoms with Gasteiger partial charge in [-0.15, -0.1) is 0 Å². The van der Waals surface area contributed by atoms with Crippen molar-refractivity contribution >= 4 is 5.71 Å². The number of hydrogen-bond acceptors (Lipinski definition) is 3. The Morgan fingerprint density at radius 3 is 2.30 bits per heavy atom. The molecule has 0 aromatic rings. The molecule has 0 spiro atoms. The highest BCUT2D eigenvalue weighted by molar-refractivity contribution is 5.83. The second-order valence-corrected chi connectivity index (χ2v) is 1.45. The van der Waals surface area contributed by atoms with Gasteiger partial charge in [-0.1, -0.05) is 19.0 Å². The second kappa shape index (κ2) is 11.3. The molecule has 0 aromatic heterocycles. The maximum absolute atomic E-state index is 5.20. The Morgan fingerprint density at radius 1 is 1.50 bits per heavy atom. The van der Waals surface area contributed by atoms with Crippen molar-refractivity contribution < 1.29 is 4.84 Å². The average molecular weight is 146 g/mol. The number of oxime groups is 1. The molecule has 2 N–H and O–H groups in total. The topological polar surface area (TPSA) is 47.6 Å². The van der Waals surface area contributed by atoms with Crippen molar-refractivity contribution in [1.82, 2.24) is 0 Å². The maximum atomic E-state index is 5.20. The van der Waals surface area contributed by atoms with E-state index in [1.54, 1.807) is 0 Å². The predicted octanol–water partition coefficient (Wildman–Crippen LogP) is 1.38. The molecular weight excluding hydrogens is 128 g/mol. The van der Waals surface area contributed by atoms with Crippen LogP contribution in [0.2, 0.25) is 0 Å². The second-order valence-electron chi connectivity index (χ2n) is 1.45. The van der Waals surface area contributed by atoms with Crippen molar-refractivity contribution in [3.8, 4) is 0 Å². The van der Waals surface area contributed by atoms with Gasteiger partial charge in [-0.25, -0.2) is 0 Å². The fourth-order valence-corrected chi connectivity index (χ4v) is 0.212. The largest absolute Gasteiger partial charge is 0.396 e. The fraction of sp³-hybridized carbons (Fsp3) is 0.857. The van der Waals surface area contributed by atoms with Gasteiger partial charge in [-0.3, -0.25) is 0 Å². The smallest absolute Gasteiger partial charge is 0.114 e. The van der Waals surface area contributed by atoms with E-state index < -0.39 is 0 Å². The molecule has 0 aliphatic carbocycles. The Balaban J connectivity index is 0. The monoisotopic (exact) mass is 146 g/mol. The van der Waals surface area contributed by atoms with Crippen molar-refractivity contribution in [2.75, 3.05) is 13.2 Å². The lowest BCUT2D eigenvalue weighted by atomic mass is 10.4. The Morgan fingerprint density at radius 2 is 2.00 bits per heavy atom. The van der Waals surface area contributed by atoms with Gasteiger partial charge in [-0.05, 0) is 13.8 Å². The highest BCUT2D eigenvalue weighted by Crippen LogP contribution is 1.76. The molecule has 0 radical (unpaired) electrons. The van der Waals surface area contributed by atoms with E-state index in [2.05, 4.69) is 5.16 Å². The van der Waals surface area contributed by atoms with Gasteiger partial charge in [0.25, 0.3) is 0 Å². The summed E-state index contributed by atoms with van der Waals surface area (Å²) < 4.78 is 0. The van der Waals surface area contributed by atoms with E-state index in [4.69, 9.17) is 10.6 Å². The predicted molar refractivity (Wildman–Crippen MR) is 45.1 cm³/mol. The lowest BCUT2D eigenvalue weighted by Gasteiger charge is -1.93. The maximum Gasteiger partial charge on any atom is 0.114 e. The molecule has 3 nitrogen and oxygen atoms in total. The first-order valence-electron chi connectivity index (χ1n) is 3.66. The summed E-state index contributed by atoms with van der Waals surface area (Å²) in [4.78, 5) is 4.69. The summed E-state index contributed by atoms with van der Waals surface area (Å²) in [7, 11) is 0. The third-order valence-electron chi connectivity index (χ3n) is 0.645. The minimum absolute atomic E-state index is 0.472. The third-order valence-corrected chi connectivity index (χ3v) is 0.645. The van der Waals surface area contributed by atoms with Crippen LogP contribution in [0.3, 0.4) is 0 Å². The molecule has 0 atom stereocenters. The standard InChI is InChI=1S/C5H12N2O.C2H6/c1-3-8-7-5(2)4-6;1-2/h3-4,6H2,1-2H3;1-2H3/b7-5+;. The Hall–Kier alpha value is -0.570. The Labute approximate surface area is 63.2 Å². The molecule has 10 heavy (non-hydrogen) atoms. The normalized spacial score (nSPS) is 9.90. The number of rotatable bonds is 3. The lowest BCUT2D eigenvalue weighted by molar-refractivity contribution is 0.158. The molecule has 0 saturated carbocycles.